The van der Waals surface area contributed by atoms with E-state index in [9.17, 15) is 4.79 Å². The first-order chi connectivity index (χ1) is 9.38. The first-order valence-corrected chi connectivity index (χ1v) is 6.27. The quantitative estimate of drug-likeness (QED) is 0.634. The summed E-state index contributed by atoms with van der Waals surface area (Å²) in [5.74, 6) is 0.284. The number of H-pyrrole nitrogens is 1. The van der Waals surface area contributed by atoms with E-state index >= 15 is 0 Å². The Morgan fingerprint density at radius 2 is 2.26 bits per heavy atom. The van der Waals surface area contributed by atoms with Crippen molar-refractivity contribution in [3.05, 3.63) is 54.1 Å². The Kier molecular flexibility index (Phi) is 3.29. The van der Waals surface area contributed by atoms with Crippen LogP contribution in [0.1, 0.15) is 23.6 Å². The van der Waals surface area contributed by atoms with E-state index in [1.165, 1.54) is 5.06 Å². The lowest BCUT2D eigenvalue weighted by Gasteiger charge is -2.16. The largest absolute Gasteiger partial charge is 0.351 e. The Hall–Kier alpha value is -2.14. The molecule has 2 unspecified atom stereocenters. The number of aromatic amines is 1. The third kappa shape index (κ3) is 2.66. The Balaban J connectivity index is 1.56. The molecule has 1 aliphatic rings. The molecule has 2 aromatic rings. The third-order valence-corrected chi connectivity index (χ3v) is 3.31. The summed E-state index contributed by atoms with van der Waals surface area (Å²) in [4.78, 5) is 23.8. The van der Waals surface area contributed by atoms with Gasteiger partial charge in [0.1, 0.15) is 6.61 Å². The fourth-order valence-electron chi connectivity index (χ4n) is 2.18. The van der Waals surface area contributed by atoms with Crippen molar-refractivity contribution in [3.63, 3.8) is 0 Å². The lowest BCUT2D eigenvalue weighted by atomic mass is 10.2. The van der Waals surface area contributed by atoms with Crippen LogP contribution in [0.25, 0.3) is 0 Å². The second-order valence-electron chi connectivity index (χ2n) is 4.63. The first-order valence-electron chi connectivity index (χ1n) is 6.27. The highest BCUT2D eigenvalue weighted by atomic mass is 16.7. The molecule has 0 bridgehead atoms. The first kappa shape index (κ1) is 11.9. The van der Waals surface area contributed by atoms with Crippen LogP contribution in [-0.2, 0) is 16.2 Å². The van der Waals surface area contributed by atoms with Crippen molar-refractivity contribution in [2.24, 2.45) is 0 Å². The zero-order chi connectivity index (χ0) is 13.1. The molecule has 98 valence electrons. The van der Waals surface area contributed by atoms with Crippen LogP contribution in [0.4, 0.5) is 0 Å². The predicted molar refractivity (Wildman–Crippen MR) is 68.9 cm³/mol. The molecular formula is C14H15N3O2. The standard InChI is InChI=1S/C14H15N3O2/c18-10-17(19-8-11-4-2-1-3-5-11)14-6-12(14)13-7-15-9-16-13/h1-5,7,9-10,12,14H,6,8H2,(H,15,16). The van der Waals surface area contributed by atoms with Gasteiger partial charge in [-0.05, 0) is 12.0 Å². The minimum absolute atomic E-state index is 0.101. The predicted octanol–water partition coefficient (Wildman–Crippen LogP) is 1.86. The summed E-state index contributed by atoms with van der Waals surface area (Å²) in [5, 5.41) is 1.41. The highest BCUT2D eigenvalue weighted by molar-refractivity contribution is 5.48. The number of carbonyl (C=O) groups excluding carboxylic acids is 1. The zero-order valence-electron chi connectivity index (χ0n) is 10.4. The second-order valence-corrected chi connectivity index (χ2v) is 4.63. The van der Waals surface area contributed by atoms with E-state index in [0.717, 1.165) is 24.1 Å². The molecular weight excluding hydrogens is 242 g/mol. The van der Waals surface area contributed by atoms with Gasteiger partial charge in [-0.2, -0.15) is 0 Å². The highest BCUT2D eigenvalue weighted by Gasteiger charge is 2.45. The van der Waals surface area contributed by atoms with Crippen LogP contribution in [0.5, 0.6) is 0 Å². The number of hydrogen-bond donors (Lipinski definition) is 1. The van der Waals surface area contributed by atoms with Crippen LogP contribution < -0.4 is 0 Å². The number of nitrogens with zero attached hydrogens (tertiary/aromatic N) is 2. The van der Waals surface area contributed by atoms with Gasteiger partial charge in [-0.15, -0.1) is 0 Å². The number of imidazole rings is 1. The summed E-state index contributed by atoms with van der Waals surface area (Å²) in [7, 11) is 0. The molecule has 1 saturated carbocycles. The van der Waals surface area contributed by atoms with E-state index in [4.69, 9.17) is 4.84 Å². The van der Waals surface area contributed by atoms with Crippen molar-refractivity contribution >= 4 is 6.41 Å². The average Bonchev–Trinajstić information content (AvgIpc) is 3.05. The summed E-state index contributed by atoms with van der Waals surface area (Å²) in [6, 6.07) is 9.91. The van der Waals surface area contributed by atoms with Crippen molar-refractivity contribution in [1.29, 1.82) is 0 Å². The summed E-state index contributed by atoms with van der Waals surface area (Å²) in [5.41, 5.74) is 2.03. The lowest BCUT2D eigenvalue weighted by Crippen LogP contribution is -2.25. The molecule has 5 heteroatoms. The average molecular weight is 257 g/mol. The topological polar surface area (TPSA) is 58.2 Å². The summed E-state index contributed by atoms with van der Waals surface area (Å²) < 4.78 is 0. The van der Waals surface area contributed by atoms with E-state index in [0.29, 0.717) is 6.61 Å². The monoisotopic (exact) mass is 257 g/mol. The summed E-state index contributed by atoms with van der Waals surface area (Å²) >= 11 is 0. The SMILES string of the molecule is O=CN(OCc1ccccc1)C1CC1c1c[nH]cn1. The fraction of sp³-hybridized carbons (Fsp3) is 0.286. The minimum Gasteiger partial charge on any atom is -0.351 e. The van der Waals surface area contributed by atoms with Crippen LogP contribution in [0.3, 0.4) is 0 Å². The normalized spacial score (nSPS) is 21.1. The number of rotatable bonds is 6. The summed E-state index contributed by atoms with van der Waals surface area (Å²) in [6.45, 7) is 0.406. The van der Waals surface area contributed by atoms with Gasteiger partial charge in [0.05, 0.1) is 18.1 Å². The van der Waals surface area contributed by atoms with Gasteiger partial charge in [0.15, 0.2) is 0 Å². The van der Waals surface area contributed by atoms with E-state index < -0.39 is 0 Å². The molecule has 0 aliphatic heterocycles. The van der Waals surface area contributed by atoms with Gasteiger partial charge in [-0.3, -0.25) is 9.63 Å². The van der Waals surface area contributed by atoms with E-state index in [2.05, 4.69) is 9.97 Å². The molecule has 0 radical (unpaired) electrons. The molecule has 0 spiro atoms. The van der Waals surface area contributed by atoms with E-state index in [-0.39, 0.29) is 12.0 Å². The van der Waals surface area contributed by atoms with Crippen LogP contribution in [-0.4, -0.2) is 27.5 Å². The molecule has 1 heterocycles. The van der Waals surface area contributed by atoms with Gasteiger partial charge in [-0.1, -0.05) is 30.3 Å². The van der Waals surface area contributed by atoms with Gasteiger partial charge < -0.3 is 4.98 Å². The van der Waals surface area contributed by atoms with Gasteiger partial charge in [-0.25, -0.2) is 10.0 Å². The Bertz CT molecular complexity index is 527. The maximum absolute atomic E-state index is 11.1. The van der Waals surface area contributed by atoms with Crippen molar-refractivity contribution in [2.75, 3.05) is 0 Å². The number of hydroxylamine groups is 2. The molecule has 1 aliphatic carbocycles. The van der Waals surface area contributed by atoms with E-state index in [1.54, 1.807) is 6.33 Å². The van der Waals surface area contributed by atoms with Crippen molar-refractivity contribution < 1.29 is 9.63 Å². The van der Waals surface area contributed by atoms with Gasteiger partial charge in [0.2, 0.25) is 6.41 Å². The second kappa shape index (κ2) is 5.24. The fourth-order valence-corrected chi connectivity index (χ4v) is 2.18. The van der Waals surface area contributed by atoms with Gasteiger partial charge >= 0.3 is 0 Å². The summed E-state index contributed by atoms with van der Waals surface area (Å²) in [6.07, 6.45) is 5.17. The number of benzene rings is 1. The number of hydrogen-bond acceptors (Lipinski definition) is 3. The molecule has 1 amide bonds. The van der Waals surface area contributed by atoms with Crippen LogP contribution in [0, 0.1) is 0 Å². The maximum Gasteiger partial charge on any atom is 0.233 e. The van der Waals surface area contributed by atoms with Crippen LogP contribution >= 0.6 is 0 Å². The number of amides is 1. The molecule has 1 fully saturated rings. The van der Waals surface area contributed by atoms with Crippen molar-refractivity contribution in [3.8, 4) is 0 Å². The molecule has 0 saturated heterocycles. The molecule has 1 aromatic carbocycles. The molecule has 2 atom stereocenters. The maximum atomic E-state index is 11.1. The molecule has 19 heavy (non-hydrogen) atoms. The molecule has 5 nitrogen and oxygen atoms in total. The molecule has 1 aromatic heterocycles. The van der Waals surface area contributed by atoms with Crippen molar-refractivity contribution in [2.45, 2.75) is 25.0 Å². The Labute approximate surface area is 111 Å². The third-order valence-electron chi connectivity index (χ3n) is 3.31. The lowest BCUT2D eigenvalue weighted by molar-refractivity contribution is -0.181. The number of nitrogens with one attached hydrogen (secondary N) is 1. The van der Waals surface area contributed by atoms with Crippen LogP contribution in [0.15, 0.2) is 42.9 Å². The number of carbonyl (C=O) groups is 1. The van der Waals surface area contributed by atoms with E-state index in [1.807, 2.05) is 36.5 Å². The minimum atomic E-state index is 0.101. The molecule has 3 rings (SSSR count). The zero-order valence-corrected chi connectivity index (χ0v) is 10.4. The number of aromatic nitrogens is 2. The smallest absolute Gasteiger partial charge is 0.233 e. The van der Waals surface area contributed by atoms with Crippen molar-refractivity contribution in [1.82, 2.24) is 15.0 Å². The van der Waals surface area contributed by atoms with Gasteiger partial charge in [0.25, 0.3) is 0 Å². The van der Waals surface area contributed by atoms with Gasteiger partial charge in [0, 0.05) is 12.1 Å². The Morgan fingerprint density at radius 3 is 2.95 bits per heavy atom. The molecule has 1 N–H and O–H groups in total. The van der Waals surface area contributed by atoms with Crippen LogP contribution in [0.2, 0.25) is 0 Å². The Morgan fingerprint density at radius 1 is 1.42 bits per heavy atom. The highest BCUT2D eigenvalue weighted by Crippen LogP contribution is 2.43.